The quantitative estimate of drug-likeness (QED) is 0.0344. The lowest BCUT2D eigenvalue weighted by Gasteiger charge is -2.18. The van der Waals surface area contributed by atoms with Crippen molar-refractivity contribution in [3.8, 4) is 0 Å². The molecule has 0 saturated carbocycles. The number of esters is 3. The Balaban J connectivity index is 4.26. The van der Waals surface area contributed by atoms with Gasteiger partial charge in [-0.2, -0.15) is 0 Å². The van der Waals surface area contributed by atoms with Crippen LogP contribution in [0, 0.1) is 17.8 Å². The van der Waals surface area contributed by atoms with Crippen LogP contribution in [-0.4, -0.2) is 37.2 Å². The van der Waals surface area contributed by atoms with Gasteiger partial charge in [0.15, 0.2) is 6.10 Å². The van der Waals surface area contributed by atoms with Gasteiger partial charge in [0.05, 0.1) is 0 Å². The third-order valence-corrected chi connectivity index (χ3v) is 12.6. The van der Waals surface area contributed by atoms with E-state index in [0.29, 0.717) is 19.3 Å². The van der Waals surface area contributed by atoms with Crippen molar-refractivity contribution in [3.05, 3.63) is 0 Å². The zero-order valence-corrected chi connectivity index (χ0v) is 42.7. The van der Waals surface area contributed by atoms with Crippen molar-refractivity contribution in [2.24, 2.45) is 17.8 Å². The Morgan fingerprint density at radius 2 is 0.468 bits per heavy atom. The highest BCUT2D eigenvalue weighted by molar-refractivity contribution is 5.71. The fourth-order valence-corrected chi connectivity index (χ4v) is 8.47. The topological polar surface area (TPSA) is 78.9 Å². The van der Waals surface area contributed by atoms with Crippen LogP contribution in [0.4, 0.5) is 0 Å². The molecule has 0 N–H and O–H groups in total. The van der Waals surface area contributed by atoms with Crippen molar-refractivity contribution >= 4 is 17.9 Å². The average Bonchev–Trinajstić information content (AvgIpc) is 3.23. The van der Waals surface area contributed by atoms with E-state index in [9.17, 15) is 14.4 Å². The van der Waals surface area contributed by atoms with Crippen molar-refractivity contribution in [3.63, 3.8) is 0 Å². The van der Waals surface area contributed by atoms with E-state index in [1.807, 2.05) is 0 Å². The van der Waals surface area contributed by atoms with Gasteiger partial charge in [0.1, 0.15) is 13.2 Å². The van der Waals surface area contributed by atoms with Gasteiger partial charge in [-0.05, 0) is 37.0 Å². The van der Waals surface area contributed by atoms with E-state index in [-0.39, 0.29) is 31.1 Å². The van der Waals surface area contributed by atoms with Gasteiger partial charge < -0.3 is 14.2 Å². The Kier molecular flexibility index (Phi) is 46.2. The molecule has 0 aliphatic heterocycles. The Bertz CT molecular complexity index is 960. The predicted molar refractivity (Wildman–Crippen MR) is 266 cm³/mol. The van der Waals surface area contributed by atoms with E-state index in [0.717, 1.165) is 75.5 Å². The molecule has 0 aromatic carbocycles. The molecule has 1 atom stereocenters. The molecule has 0 aliphatic rings. The number of carbonyl (C=O) groups is 3. The normalized spacial score (nSPS) is 12.1. The highest BCUT2D eigenvalue weighted by Crippen LogP contribution is 2.18. The number of carbonyl (C=O) groups excluding carboxylic acids is 3. The Hall–Kier alpha value is -1.59. The van der Waals surface area contributed by atoms with Crippen LogP contribution in [0.1, 0.15) is 305 Å². The molecule has 0 bridgehead atoms. The number of rotatable bonds is 49. The summed E-state index contributed by atoms with van der Waals surface area (Å²) in [5.74, 6) is 1.62. The zero-order chi connectivity index (χ0) is 45.6. The Labute approximate surface area is 387 Å². The standard InChI is InChI=1S/C56H108O6/c1-50(2)42-36-30-24-19-15-11-7-9-13-17-21-27-33-39-45-54(57)60-48-53(49-61-55(58)46-40-34-29-23-26-32-38-44-52(5)6)62-56(59)47-41-35-28-22-18-14-10-8-12-16-20-25-31-37-43-51(3)4/h50-53H,7-49H2,1-6H3/t53-/m0/s1. The van der Waals surface area contributed by atoms with Gasteiger partial charge in [-0.1, -0.05) is 266 Å². The molecule has 0 fully saturated rings. The van der Waals surface area contributed by atoms with E-state index in [1.54, 1.807) is 0 Å². The Morgan fingerprint density at radius 3 is 0.694 bits per heavy atom. The van der Waals surface area contributed by atoms with Gasteiger partial charge in [-0.15, -0.1) is 0 Å². The molecule has 6 heteroatoms. The lowest BCUT2D eigenvalue weighted by molar-refractivity contribution is -0.167. The second-order valence-corrected chi connectivity index (χ2v) is 20.6. The number of ether oxygens (including phenoxy) is 3. The number of unbranched alkanes of at least 4 members (excludes halogenated alkanes) is 32. The van der Waals surface area contributed by atoms with Crippen molar-refractivity contribution in [1.29, 1.82) is 0 Å². The molecular weight excluding hydrogens is 769 g/mol. The summed E-state index contributed by atoms with van der Waals surface area (Å²) >= 11 is 0. The fourth-order valence-electron chi connectivity index (χ4n) is 8.47. The molecule has 0 unspecified atom stereocenters. The van der Waals surface area contributed by atoms with Crippen LogP contribution in [0.25, 0.3) is 0 Å². The monoisotopic (exact) mass is 877 g/mol. The minimum Gasteiger partial charge on any atom is -0.462 e. The summed E-state index contributed by atoms with van der Waals surface area (Å²) in [6.07, 6.45) is 48.2. The maximum absolute atomic E-state index is 12.8. The average molecular weight is 877 g/mol. The lowest BCUT2D eigenvalue weighted by Crippen LogP contribution is -2.30. The molecule has 0 heterocycles. The summed E-state index contributed by atoms with van der Waals surface area (Å²) in [6.45, 7) is 13.7. The van der Waals surface area contributed by atoms with Crippen LogP contribution in [0.2, 0.25) is 0 Å². The van der Waals surface area contributed by atoms with Crippen molar-refractivity contribution < 1.29 is 28.6 Å². The molecule has 0 saturated heterocycles. The molecule has 0 aromatic heterocycles. The first-order valence-corrected chi connectivity index (χ1v) is 27.6. The van der Waals surface area contributed by atoms with E-state index in [2.05, 4.69) is 41.5 Å². The summed E-state index contributed by atoms with van der Waals surface area (Å²) in [5.41, 5.74) is 0. The molecule has 0 aromatic rings. The molecule has 0 aliphatic carbocycles. The maximum Gasteiger partial charge on any atom is 0.306 e. The molecule has 0 amide bonds. The molecular formula is C56H108O6. The largest absolute Gasteiger partial charge is 0.462 e. The maximum atomic E-state index is 12.8. The van der Waals surface area contributed by atoms with Crippen LogP contribution in [0.15, 0.2) is 0 Å². The number of hydrogen-bond donors (Lipinski definition) is 0. The van der Waals surface area contributed by atoms with E-state index in [4.69, 9.17) is 14.2 Å². The van der Waals surface area contributed by atoms with Gasteiger partial charge in [0, 0.05) is 19.3 Å². The smallest absolute Gasteiger partial charge is 0.306 e. The third-order valence-electron chi connectivity index (χ3n) is 12.6. The van der Waals surface area contributed by atoms with Gasteiger partial charge in [0.2, 0.25) is 0 Å². The highest BCUT2D eigenvalue weighted by atomic mass is 16.6. The SMILES string of the molecule is CC(C)CCCCCCCCCCCCCCCCC(=O)OC[C@@H](COC(=O)CCCCCCCCCC(C)C)OC(=O)CCCCCCCCCCCCCCCCC(C)C. The first kappa shape index (κ1) is 60.4. The van der Waals surface area contributed by atoms with Crippen LogP contribution < -0.4 is 0 Å². The highest BCUT2D eigenvalue weighted by Gasteiger charge is 2.19. The van der Waals surface area contributed by atoms with Crippen LogP contribution >= 0.6 is 0 Å². The summed E-state index contributed by atoms with van der Waals surface area (Å²) in [5, 5.41) is 0. The fraction of sp³-hybridized carbons (Fsp3) is 0.946. The minimum atomic E-state index is -0.763. The van der Waals surface area contributed by atoms with Gasteiger partial charge in [-0.3, -0.25) is 14.4 Å². The van der Waals surface area contributed by atoms with Gasteiger partial charge in [-0.25, -0.2) is 0 Å². The summed E-state index contributed by atoms with van der Waals surface area (Å²) in [4.78, 5) is 38.0. The summed E-state index contributed by atoms with van der Waals surface area (Å²) < 4.78 is 16.8. The van der Waals surface area contributed by atoms with Crippen molar-refractivity contribution in [2.45, 2.75) is 311 Å². The van der Waals surface area contributed by atoms with E-state index < -0.39 is 6.10 Å². The second-order valence-electron chi connectivity index (χ2n) is 20.6. The second kappa shape index (κ2) is 47.4. The van der Waals surface area contributed by atoms with E-state index in [1.165, 1.54) is 186 Å². The molecule has 0 radical (unpaired) electrons. The van der Waals surface area contributed by atoms with Crippen LogP contribution in [0.3, 0.4) is 0 Å². The molecule has 368 valence electrons. The summed E-state index contributed by atoms with van der Waals surface area (Å²) in [7, 11) is 0. The first-order chi connectivity index (χ1) is 30.1. The van der Waals surface area contributed by atoms with Crippen molar-refractivity contribution in [2.75, 3.05) is 13.2 Å². The molecule has 0 spiro atoms. The first-order valence-electron chi connectivity index (χ1n) is 27.6. The lowest BCUT2D eigenvalue weighted by atomic mass is 10.0. The number of hydrogen-bond acceptors (Lipinski definition) is 6. The van der Waals surface area contributed by atoms with Crippen LogP contribution in [-0.2, 0) is 28.6 Å². The minimum absolute atomic E-state index is 0.0644. The van der Waals surface area contributed by atoms with Gasteiger partial charge >= 0.3 is 17.9 Å². The van der Waals surface area contributed by atoms with Crippen molar-refractivity contribution in [1.82, 2.24) is 0 Å². The predicted octanol–water partition coefficient (Wildman–Crippen LogP) is 17.9. The van der Waals surface area contributed by atoms with E-state index >= 15 is 0 Å². The zero-order valence-electron chi connectivity index (χ0n) is 42.7. The van der Waals surface area contributed by atoms with Gasteiger partial charge in [0.25, 0.3) is 0 Å². The molecule has 6 nitrogen and oxygen atoms in total. The van der Waals surface area contributed by atoms with Crippen LogP contribution in [0.5, 0.6) is 0 Å². The summed E-state index contributed by atoms with van der Waals surface area (Å²) in [6, 6.07) is 0. The third kappa shape index (κ3) is 49.4. The Morgan fingerprint density at radius 1 is 0.274 bits per heavy atom. The molecule has 0 rings (SSSR count). The molecule has 62 heavy (non-hydrogen) atoms.